The van der Waals surface area contributed by atoms with Crippen molar-refractivity contribution in [1.82, 2.24) is 0 Å². The molecule has 2 nitrogen and oxygen atoms in total. The standard InChI is InChI=1S/C10H8F2INO/c11-10(12)15-9-7(4-2-6-14)3-1-5-8(9)13/h1,3,5,10H,2,4H2. The Kier molecular flexibility index (Phi) is 4.75. The SMILES string of the molecule is N#CCCc1cccc(I)c1OC(F)F. The molecule has 80 valence electrons. The van der Waals surface area contributed by atoms with Crippen molar-refractivity contribution in [3.05, 3.63) is 27.3 Å². The largest absolute Gasteiger partial charge is 0.433 e. The molecule has 0 saturated carbocycles. The van der Waals surface area contributed by atoms with Crippen molar-refractivity contribution in [3.8, 4) is 11.8 Å². The Hall–Kier alpha value is -0.900. The molecule has 0 amide bonds. The molecule has 0 aromatic heterocycles. The highest BCUT2D eigenvalue weighted by Crippen LogP contribution is 2.28. The van der Waals surface area contributed by atoms with Gasteiger partial charge in [0.05, 0.1) is 9.64 Å². The Balaban J connectivity index is 2.93. The third kappa shape index (κ3) is 3.63. The first-order chi connectivity index (χ1) is 7.15. The summed E-state index contributed by atoms with van der Waals surface area (Å²) in [6.45, 7) is -2.83. The molecule has 1 aromatic rings. The second kappa shape index (κ2) is 5.85. The molecular weight excluding hydrogens is 315 g/mol. The summed E-state index contributed by atoms with van der Waals surface area (Å²) < 4.78 is 29.3. The minimum atomic E-state index is -2.83. The fourth-order valence-corrected chi connectivity index (χ4v) is 1.84. The number of nitriles is 1. The summed E-state index contributed by atoms with van der Waals surface area (Å²) >= 11 is 1.93. The van der Waals surface area contributed by atoms with Gasteiger partial charge in [-0.2, -0.15) is 14.0 Å². The van der Waals surface area contributed by atoms with Crippen LogP contribution in [0.5, 0.6) is 5.75 Å². The molecular formula is C10H8F2INO. The molecule has 0 aliphatic carbocycles. The fourth-order valence-electron chi connectivity index (χ4n) is 1.16. The van der Waals surface area contributed by atoms with Crippen LogP contribution < -0.4 is 4.74 Å². The van der Waals surface area contributed by atoms with Crippen LogP contribution in [-0.2, 0) is 6.42 Å². The minimum Gasteiger partial charge on any atom is -0.433 e. The molecule has 0 unspecified atom stereocenters. The highest BCUT2D eigenvalue weighted by Gasteiger charge is 2.12. The summed E-state index contributed by atoms with van der Waals surface area (Å²) in [4.78, 5) is 0. The lowest BCUT2D eigenvalue weighted by Crippen LogP contribution is -2.06. The predicted octanol–water partition coefficient (Wildman–Crippen LogP) is 3.35. The molecule has 0 aliphatic heterocycles. The van der Waals surface area contributed by atoms with Crippen molar-refractivity contribution in [2.24, 2.45) is 0 Å². The fraction of sp³-hybridized carbons (Fsp3) is 0.300. The van der Waals surface area contributed by atoms with Gasteiger partial charge in [0.2, 0.25) is 0 Å². The number of hydrogen-bond donors (Lipinski definition) is 0. The number of halogens is 3. The molecule has 0 N–H and O–H groups in total. The molecule has 0 fully saturated rings. The van der Waals surface area contributed by atoms with E-state index in [1.165, 1.54) is 0 Å². The second-order valence-corrected chi connectivity index (χ2v) is 3.93. The molecule has 0 atom stereocenters. The Morgan fingerprint density at radius 1 is 1.47 bits per heavy atom. The van der Waals surface area contributed by atoms with E-state index in [0.717, 1.165) is 0 Å². The van der Waals surface area contributed by atoms with Gasteiger partial charge in [-0.1, -0.05) is 12.1 Å². The van der Waals surface area contributed by atoms with Gasteiger partial charge in [0.25, 0.3) is 0 Å². The van der Waals surface area contributed by atoms with E-state index in [4.69, 9.17) is 5.26 Å². The predicted molar refractivity (Wildman–Crippen MR) is 59.7 cm³/mol. The number of ether oxygens (including phenoxy) is 1. The van der Waals surface area contributed by atoms with Crippen molar-refractivity contribution >= 4 is 22.6 Å². The molecule has 0 aliphatic rings. The molecule has 0 saturated heterocycles. The molecule has 5 heteroatoms. The van der Waals surface area contributed by atoms with Crippen LogP contribution in [0, 0.1) is 14.9 Å². The maximum Gasteiger partial charge on any atom is 0.387 e. The highest BCUT2D eigenvalue weighted by atomic mass is 127. The summed E-state index contributed by atoms with van der Waals surface area (Å²) in [5.74, 6) is 0.184. The van der Waals surface area contributed by atoms with Crippen LogP contribution in [0.1, 0.15) is 12.0 Å². The van der Waals surface area contributed by atoms with Crippen LogP contribution in [0.25, 0.3) is 0 Å². The number of hydrogen-bond acceptors (Lipinski definition) is 2. The lowest BCUT2D eigenvalue weighted by atomic mass is 10.1. The van der Waals surface area contributed by atoms with Crippen LogP contribution in [0.3, 0.4) is 0 Å². The Morgan fingerprint density at radius 3 is 2.80 bits per heavy atom. The topological polar surface area (TPSA) is 33.0 Å². The normalized spacial score (nSPS) is 10.1. The smallest absolute Gasteiger partial charge is 0.387 e. The third-order valence-corrected chi connectivity index (χ3v) is 2.61. The van der Waals surface area contributed by atoms with Crippen LogP contribution in [0.4, 0.5) is 8.78 Å². The van der Waals surface area contributed by atoms with E-state index in [9.17, 15) is 8.78 Å². The third-order valence-electron chi connectivity index (χ3n) is 1.76. The summed E-state index contributed by atoms with van der Waals surface area (Å²) in [5, 5.41) is 8.43. The van der Waals surface area contributed by atoms with Crippen LogP contribution >= 0.6 is 22.6 Å². The quantitative estimate of drug-likeness (QED) is 0.796. The van der Waals surface area contributed by atoms with Gasteiger partial charge in [0, 0.05) is 6.42 Å². The monoisotopic (exact) mass is 323 g/mol. The van der Waals surface area contributed by atoms with Gasteiger partial charge in [-0.05, 0) is 40.6 Å². The zero-order chi connectivity index (χ0) is 11.3. The first kappa shape index (κ1) is 12.2. The minimum absolute atomic E-state index is 0.184. The zero-order valence-electron chi connectivity index (χ0n) is 7.71. The van der Waals surface area contributed by atoms with Crippen LogP contribution in [0.2, 0.25) is 0 Å². The molecule has 1 aromatic carbocycles. The Morgan fingerprint density at radius 2 is 2.20 bits per heavy atom. The van der Waals surface area contributed by atoms with Gasteiger partial charge in [-0.3, -0.25) is 0 Å². The van der Waals surface area contributed by atoms with E-state index >= 15 is 0 Å². The Labute approximate surface area is 100.0 Å². The molecule has 0 bridgehead atoms. The number of nitrogens with zero attached hydrogens (tertiary/aromatic N) is 1. The van der Waals surface area contributed by atoms with E-state index < -0.39 is 6.61 Å². The summed E-state index contributed by atoms with van der Waals surface area (Å²) in [7, 11) is 0. The van der Waals surface area contributed by atoms with Crippen molar-refractivity contribution in [3.63, 3.8) is 0 Å². The average molecular weight is 323 g/mol. The van der Waals surface area contributed by atoms with Crippen molar-refractivity contribution in [2.75, 3.05) is 0 Å². The number of rotatable bonds is 4. The molecule has 0 spiro atoms. The first-order valence-electron chi connectivity index (χ1n) is 4.24. The van der Waals surface area contributed by atoms with Gasteiger partial charge in [0.15, 0.2) is 0 Å². The summed E-state index contributed by atoms with van der Waals surface area (Å²) in [6.07, 6.45) is 0.717. The van der Waals surface area contributed by atoms with Gasteiger partial charge in [-0.25, -0.2) is 0 Å². The zero-order valence-corrected chi connectivity index (χ0v) is 9.87. The van der Waals surface area contributed by atoms with Crippen LogP contribution in [0.15, 0.2) is 18.2 Å². The average Bonchev–Trinajstić information content (AvgIpc) is 2.18. The maximum atomic E-state index is 12.1. The number of alkyl halides is 2. The summed E-state index contributed by atoms with van der Waals surface area (Å²) in [5.41, 5.74) is 0.642. The van der Waals surface area contributed by atoms with E-state index in [-0.39, 0.29) is 5.75 Å². The number of para-hydroxylation sites is 1. The molecule has 1 rings (SSSR count). The Bertz CT molecular complexity index is 376. The van der Waals surface area contributed by atoms with Gasteiger partial charge >= 0.3 is 6.61 Å². The lowest BCUT2D eigenvalue weighted by molar-refractivity contribution is -0.0510. The molecule has 0 radical (unpaired) electrons. The first-order valence-corrected chi connectivity index (χ1v) is 5.32. The van der Waals surface area contributed by atoms with E-state index in [2.05, 4.69) is 4.74 Å². The van der Waals surface area contributed by atoms with Crippen molar-refractivity contribution in [1.29, 1.82) is 5.26 Å². The van der Waals surface area contributed by atoms with Crippen molar-refractivity contribution < 1.29 is 13.5 Å². The van der Waals surface area contributed by atoms with Gasteiger partial charge in [-0.15, -0.1) is 0 Å². The van der Waals surface area contributed by atoms with E-state index in [1.807, 2.05) is 28.7 Å². The second-order valence-electron chi connectivity index (χ2n) is 2.76. The molecule has 0 heterocycles. The highest BCUT2D eigenvalue weighted by molar-refractivity contribution is 14.1. The van der Waals surface area contributed by atoms with Gasteiger partial charge in [0.1, 0.15) is 5.75 Å². The van der Waals surface area contributed by atoms with Gasteiger partial charge < -0.3 is 4.74 Å². The number of aryl methyl sites for hydroxylation is 1. The van der Waals surface area contributed by atoms with E-state index in [0.29, 0.717) is 22.0 Å². The lowest BCUT2D eigenvalue weighted by Gasteiger charge is -2.11. The maximum absolute atomic E-state index is 12.1. The summed E-state index contributed by atoms with van der Waals surface area (Å²) in [6, 6.07) is 7.11. The number of benzene rings is 1. The van der Waals surface area contributed by atoms with Crippen molar-refractivity contribution in [2.45, 2.75) is 19.5 Å². The molecule has 15 heavy (non-hydrogen) atoms. The van der Waals surface area contributed by atoms with Crippen LogP contribution in [-0.4, -0.2) is 6.61 Å². The van der Waals surface area contributed by atoms with E-state index in [1.54, 1.807) is 18.2 Å².